The summed E-state index contributed by atoms with van der Waals surface area (Å²) in [5.74, 6) is -0.619. The minimum atomic E-state index is -4.37. The average molecular weight is 255 g/mol. The van der Waals surface area contributed by atoms with Gasteiger partial charge in [-0.05, 0) is 0 Å². The van der Waals surface area contributed by atoms with Gasteiger partial charge >= 0.3 is 5.97 Å². The molecular formula is C8H18NO6P. The Morgan fingerprint density at radius 1 is 1.31 bits per heavy atom. The zero-order chi connectivity index (χ0) is 12.8. The highest BCUT2D eigenvalue weighted by atomic mass is 31.2. The molecule has 0 aromatic carbocycles. The first-order valence-electron chi connectivity index (χ1n) is 4.66. The highest BCUT2D eigenvalue weighted by Gasteiger charge is 2.13. The zero-order valence-corrected chi connectivity index (χ0v) is 10.9. The molecule has 1 atom stereocenters. The first kappa shape index (κ1) is 15.5. The molecule has 16 heavy (non-hydrogen) atoms. The molecule has 0 N–H and O–H groups in total. The van der Waals surface area contributed by atoms with Crippen molar-refractivity contribution in [2.24, 2.45) is 0 Å². The van der Waals surface area contributed by atoms with Crippen LogP contribution in [0.1, 0.15) is 6.92 Å². The Morgan fingerprint density at radius 2 is 1.88 bits per heavy atom. The second-order valence-corrected chi connectivity index (χ2v) is 5.59. The topological polar surface area (TPSA) is 84.9 Å². The Morgan fingerprint density at radius 3 is 2.31 bits per heavy atom. The van der Waals surface area contributed by atoms with Crippen molar-refractivity contribution in [3.05, 3.63) is 0 Å². The quantitative estimate of drug-likeness (QED) is 0.269. The molecule has 7 nitrogen and oxygen atoms in total. The van der Waals surface area contributed by atoms with Gasteiger partial charge in [0.15, 0.2) is 6.79 Å². The summed E-state index contributed by atoms with van der Waals surface area (Å²) in [5, 5.41) is 0. The summed E-state index contributed by atoms with van der Waals surface area (Å²) in [6, 6.07) is 0. The Labute approximate surface area is 95.1 Å². The number of quaternary nitrogens is 1. The van der Waals surface area contributed by atoms with Crippen molar-refractivity contribution < 1.29 is 32.5 Å². The number of ether oxygens (including phenoxy) is 1. The number of hydrogen-bond acceptors (Lipinski definition) is 6. The third kappa shape index (κ3) is 10.1. The van der Waals surface area contributed by atoms with E-state index in [1.165, 1.54) is 0 Å². The summed E-state index contributed by atoms with van der Waals surface area (Å²) in [6.45, 7) is 1.03. The van der Waals surface area contributed by atoms with Gasteiger partial charge in [-0.1, -0.05) is 0 Å². The number of carbonyl (C=O) groups is 1. The van der Waals surface area contributed by atoms with E-state index in [9.17, 15) is 14.3 Å². The molecule has 0 fully saturated rings. The number of phosphoric ester groups is 1. The van der Waals surface area contributed by atoms with E-state index in [4.69, 9.17) is 0 Å². The van der Waals surface area contributed by atoms with E-state index >= 15 is 0 Å². The van der Waals surface area contributed by atoms with E-state index < -0.39 is 20.6 Å². The lowest BCUT2D eigenvalue weighted by atomic mass is 10.5. The molecule has 0 saturated heterocycles. The molecule has 0 heterocycles. The summed E-state index contributed by atoms with van der Waals surface area (Å²) in [7, 11) is 1.33. The summed E-state index contributed by atoms with van der Waals surface area (Å²) < 4.78 is 24.8. The lowest BCUT2D eigenvalue weighted by molar-refractivity contribution is -0.870. The molecule has 0 aliphatic rings. The van der Waals surface area contributed by atoms with Crippen LogP contribution < -0.4 is 4.89 Å². The molecule has 0 aliphatic heterocycles. The van der Waals surface area contributed by atoms with Gasteiger partial charge in [-0.25, -0.2) is 0 Å². The van der Waals surface area contributed by atoms with Crippen LogP contribution in [0.2, 0.25) is 0 Å². The maximum atomic E-state index is 11.1. The van der Waals surface area contributed by atoms with Crippen LogP contribution in [0.25, 0.3) is 0 Å². The number of phosphoric acid groups is 1. The van der Waals surface area contributed by atoms with Gasteiger partial charge in [0.25, 0.3) is 7.82 Å². The van der Waals surface area contributed by atoms with Crippen molar-refractivity contribution >= 4 is 13.8 Å². The lowest BCUT2D eigenvalue weighted by Crippen LogP contribution is -2.37. The highest BCUT2D eigenvalue weighted by molar-refractivity contribution is 7.45. The van der Waals surface area contributed by atoms with Crippen LogP contribution >= 0.6 is 7.82 Å². The van der Waals surface area contributed by atoms with E-state index in [0.717, 1.165) is 6.92 Å². The molecule has 0 saturated carbocycles. The van der Waals surface area contributed by atoms with E-state index in [-0.39, 0.29) is 6.61 Å². The molecule has 1 unspecified atom stereocenters. The first-order chi connectivity index (χ1) is 7.12. The fourth-order valence-electron chi connectivity index (χ4n) is 0.638. The average Bonchev–Trinajstić information content (AvgIpc) is 1.99. The normalized spacial score (nSPS) is 15.6. The molecule has 0 aromatic heterocycles. The number of carbonyl (C=O) groups excluding carboxylic acids is 1. The van der Waals surface area contributed by atoms with E-state index in [1.54, 1.807) is 0 Å². The van der Waals surface area contributed by atoms with Crippen LogP contribution in [0, 0.1) is 0 Å². The molecule has 0 aliphatic carbocycles. The standard InChI is InChI=1S/C8H18NO6P/c1-8(10)13-7-15-16(11,12)14-6-5-9(2,3)4/h5-7H2,1-4H3. The predicted molar refractivity (Wildman–Crippen MR) is 54.2 cm³/mol. The van der Waals surface area contributed by atoms with Crippen LogP contribution in [-0.4, -0.2) is 51.5 Å². The molecule has 0 spiro atoms. The van der Waals surface area contributed by atoms with Crippen molar-refractivity contribution in [2.45, 2.75) is 6.92 Å². The molecule has 0 bridgehead atoms. The van der Waals surface area contributed by atoms with Gasteiger partial charge in [0.05, 0.1) is 21.1 Å². The number of hydrogen-bond donors (Lipinski definition) is 0. The first-order valence-corrected chi connectivity index (χ1v) is 6.12. The van der Waals surface area contributed by atoms with Crippen molar-refractivity contribution in [1.82, 2.24) is 0 Å². The van der Waals surface area contributed by atoms with E-state index in [1.807, 2.05) is 21.1 Å². The maximum absolute atomic E-state index is 11.1. The summed E-state index contributed by atoms with van der Waals surface area (Å²) in [5.41, 5.74) is 0. The van der Waals surface area contributed by atoms with Crippen molar-refractivity contribution in [2.75, 3.05) is 41.1 Å². The molecule has 0 aromatic rings. The van der Waals surface area contributed by atoms with Gasteiger partial charge in [0.2, 0.25) is 0 Å². The third-order valence-electron chi connectivity index (χ3n) is 1.48. The van der Waals surface area contributed by atoms with E-state index in [0.29, 0.717) is 11.0 Å². The molecule has 8 heteroatoms. The van der Waals surface area contributed by atoms with Crippen LogP contribution in [-0.2, 0) is 23.1 Å². The van der Waals surface area contributed by atoms with Gasteiger partial charge in [0, 0.05) is 6.92 Å². The van der Waals surface area contributed by atoms with Gasteiger partial charge < -0.3 is 18.6 Å². The van der Waals surface area contributed by atoms with E-state index in [2.05, 4.69) is 13.8 Å². The Hall–Kier alpha value is -0.460. The predicted octanol–water partition coefficient (Wildman–Crippen LogP) is -0.285. The zero-order valence-electron chi connectivity index (χ0n) is 9.97. The van der Waals surface area contributed by atoms with Crippen LogP contribution in [0.4, 0.5) is 0 Å². The third-order valence-corrected chi connectivity index (χ3v) is 2.40. The molecule has 96 valence electrons. The molecule has 0 amide bonds. The number of likely N-dealkylation sites (N-methyl/N-ethyl adjacent to an activating group) is 1. The maximum Gasteiger partial charge on any atom is 0.304 e. The lowest BCUT2D eigenvalue weighted by Gasteiger charge is -2.26. The van der Waals surface area contributed by atoms with Crippen molar-refractivity contribution in [1.29, 1.82) is 0 Å². The van der Waals surface area contributed by atoms with Crippen LogP contribution in [0.15, 0.2) is 0 Å². The second-order valence-electron chi connectivity index (χ2n) is 4.18. The van der Waals surface area contributed by atoms with Gasteiger partial charge in [-0.15, -0.1) is 0 Å². The Kier molecular flexibility index (Phi) is 6.14. The van der Waals surface area contributed by atoms with Crippen molar-refractivity contribution in [3.8, 4) is 0 Å². The molecule has 0 rings (SSSR count). The minimum Gasteiger partial charge on any atom is -0.756 e. The number of rotatable bonds is 7. The summed E-state index contributed by atoms with van der Waals surface area (Å²) in [4.78, 5) is 21.4. The fraction of sp³-hybridized carbons (Fsp3) is 0.875. The highest BCUT2D eigenvalue weighted by Crippen LogP contribution is 2.37. The van der Waals surface area contributed by atoms with Crippen LogP contribution in [0.5, 0.6) is 0 Å². The minimum absolute atomic E-state index is 0.0182. The summed E-state index contributed by atoms with van der Waals surface area (Å²) in [6.07, 6.45) is 0. The van der Waals surface area contributed by atoms with Gasteiger partial charge in [-0.2, -0.15) is 0 Å². The molecular weight excluding hydrogens is 237 g/mol. The SMILES string of the molecule is CC(=O)OCOP(=O)([O-])OCC[N+](C)(C)C. The Balaban J connectivity index is 3.79. The molecule has 0 radical (unpaired) electrons. The number of nitrogens with zero attached hydrogens (tertiary/aromatic N) is 1. The fourth-order valence-corrected chi connectivity index (χ4v) is 1.20. The summed E-state index contributed by atoms with van der Waals surface area (Å²) >= 11 is 0. The monoisotopic (exact) mass is 255 g/mol. The van der Waals surface area contributed by atoms with Gasteiger partial charge in [-0.3, -0.25) is 13.9 Å². The number of esters is 1. The Bertz CT molecular complexity index is 274. The smallest absolute Gasteiger partial charge is 0.304 e. The largest absolute Gasteiger partial charge is 0.756 e. The van der Waals surface area contributed by atoms with Crippen LogP contribution in [0.3, 0.4) is 0 Å². The second kappa shape index (κ2) is 6.32. The van der Waals surface area contributed by atoms with Gasteiger partial charge in [0.1, 0.15) is 13.2 Å². The van der Waals surface area contributed by atoms with Crippen molar-refractivity contribution in [3.63, 3.8) is 0 Å².